The minimum Gasteiger partial charge on any atom is -0.372 e. The molecule has 0 radical (unpaired) electrons. The van der Waals surface area contributed by atoms with E-state index >= 15 is 0 Å². The van der Waals surface area contributed by atoms with Crippen molar-refractivity contribution in [1.82, 2.24) is 19.6 Å². The van der Waals surface area contributed by atoms with Gasteiger partial charge in [-0.15, -0.1) is 0 Å². The Labute approximate surface area is 326 Å². The molecule has 1 unspecified atom stereocenters. The molecule has 7 nitrogen and oxygen atoms in total. The summed E-state index contributed by atoms with van der Waals surface area (Å²) in [5.41, 5.74) is 5.74. The lowest BCUT2D eigenvalue weighted by molar-refractivity contribution is -0.115. The average Bonchev–Trinajstić information content (AvgIpc) is 3.11. The van der Waals surface area contributed by atoms with Crippen LogP contribution in [0, 0.1) is 23.7 Å². The van der Waals surface area contributed by atoms with Crippen molar-refractivity contribution < 1.29 is 4.79 Å². The SMILES string of the molecule is CC(C)C1=CC(=O)CCN1C(C)C.CC(C)C1=CCC=CN1C(C)C.CC(C)C1=NCN=CN1C(C)C.CC(C)C1Cc2ccccc2CN1C(C)C. The highest BCUT2D eigenvalue weighted by Gasteiger charge is 2.29. The highest BCUT2D eigenvalue weighted by atomic mass is 16.1. The van der Waals surface area contributed by atoms with E-state index in [2.05, 4.69) is 183 Å². The van der Waals surface area contributed by atoms with Gasteiger partial charge in [0.25, 0.3) is 0 Å². The minimum atomic E-state index is 0.278. The predicted molar refractivity (Wildman–Crippen MR) is 230 cm³/mol. The van der Waals surface area contributed by atoms with E-state index in [1.165, 1.54) is 23.4 Å². The average molecular weight is 731 g/mol. The summed E-state index contributed by atoms with van der Waals surface area (Å²) in [6.45, 7) is 38.1. The van der Waals surface area contributed by atoms with Crippen LogP contribution in [0.1, 0.15) is 135 Å². The van der Waals surface area contributed by atoms with Crippen LogP contribution in [-0.2, 0) is 17.8 Å². The van der Waals surface area contributed by atoms with Crippen LogP contribution in [0.25, 0.3) is 0 Å². The number of amidine groups is 1. The molecule has 7 heteroatoms. The molecule has 0 saturated heterocycles. The zero-order chi connectivity index (χ0) is 40.0. The molecule has 1 aromatic rings. The molecule has 4 heterocycles. The summed E-state index contributed by atoms with van der Waals surface area (Å²) in [5, 5.41) is 0. The molecule has 0 N–H and O–H groups in total. The molecule has 5 rings (SSSR count). The molecule has 0 saturated carbocycles. The quantitative estimate of drug-likeness (QED) is 0.267. The van der Waals surface area contributed by atoms with Gasteiger partial charge in [-0.05, 0) is 97.1 Å². The van der Waals surface area contributed by atoms with E-state index in [0.717, 1.165) is 31.3 Å². The summed E-state index contributed by atoms with van der Waals surface area (Å²) >= 11 is 0. The van der Waals surface area contributed by atoms with E-state index in [4.69, 9.17) is 0 Å². The molecule has 0 aromatic heterocycles. The smallest absolute Gasteiger partial charge is 0.159 e. The van der Waals surface area contributed by atoms with Crippen LogP contribution >= 0.6 is 0 Å². The molecule has 298 valence electrons. The van der Waals surface area contributed by atoms with Crippen LogP contribution in [0.5, 0.6) is 0 Å². The van der Waals surface area contributed by atoms with Crippen molar-refractivity contribution in [3.8, 4) is 0 Å². The van der Waals surface area contributed by atoms with Crippen LogP contribution in [0.2, 0.25) is 0 Å². The number of rotatable bonds is 8. The molecule has 4 aliphatic rings. The zero-order valence-corrected chi connectivity index (χ0v) is 36.7. The number of carbonyl (C=O) groups excluding carboxylic acids is 1. The Kier molecular flexibility index (Phi) is 19.3. The fourth-order valence-electron chi connectivity index (χ4n) is 7.30. The van der Waals surface area contributed by atoms with Gasteiger partial charge in [0.15, 0.2) is 5.78 Å². The number of fused-ring (bicyclic) bond motifs is 1. The number of ketones is 1. The van der Waals surface area contributed by atoms with Gasteiger partial charge < -0.3 is 14.7 Å². The molecular formula is C46H78N6O. The van der Waals surface area contributed by atoms with E-state index in [1.807, 2.05) is 12.4 Å². The van der Waals surface area contributed by atoms with Gasteiger partial charge in [-0.1, -0.05) is 91.8 Å². The first-order chi connectivity index (χ1) is 24.9. The first-order valence-corrected chi connectivity index (χ1v) is 20.7. The number of benzene rings is 1. The van der Waals surface area contributed by atoms with Crippen LogP contribution in [-0.4, -0.2) is 81.0 Å². The Morgan fingerprint density at radius 2 is 1.30 bits per heavy atom. The Balaban J connectivity index is 0.000000247. The van der Waals surface area contributed by atoms with E-state index < -0.39 is 0 Å². The Bertz CT molecular complexity index is 1330. The molecule has 53 heavy (non-hydrogen) atoms. The fourth-order valence-corrected chi connectivity index (χ4v) is 7.30. The maximum Gasteiger partial charge on any atom is 0.159 e. The van der Waals surface area contributed by atoms with Crippen LogP contribution in [0.15, 0.2) is 70.1 Å². The number of nitrogens with zero attached hydrogens (tertiary/aromatic N) is 6. The van der Waals surface area contributed by atoms with Gasteiger partial charge in [0.2, 0.25) is 0 Å². The molecule has 0 aliphatic carbocycles. The van der Waals surface area contributed by atoms with Crippen LogP contribution in [0.3, 0.4) is 0 Å². The van der Waals surface area contributed by atoms with E-state index in [9.17, 15) is 4.79 Å². The molecule has 1 atom stereocenters. The number of allylic oxidation sites excluding steroid dienone is 5. The van der Waals surface area contributed by atoms with Gasteiger partial charge in [0.05, 0.1) is 6.34 Å². The summed E-state index contributed by atoms with van der Waals surface area (Å²) in [6.07, 6.45) is 13.4. The maximum atomic E-state index is 11.2. The van der Waals surface area contributed by atoms with Crippen molar-refractivity contribution in [3.63, 3.8) is 0 Å². The van der Waals surface area contributed by atoms with Gasteiger partial charge in [-0.2, -0.15) is 0 Å². The molecule has 4 aliphatic heterocycles. The lowest BCUT2D eigenvalue weighted by Crippen LogP contribution is -2.47. The first kappa shape index (κ1) is 46.0. The summed E-state index contributed by atoms with van der Waals surface area (Å²) in [4.78, 5) is 29.2. The molecule has 0 bridgehead atoms. The minimum absolute atomic E-state index is 0.278. The second kappa shape index (κ2) is 22.3. The lowest BCUT2D eigenvalue weighted by atomic mass is 9.87. The highest BCUT2D eigenvalue weighted by Crippen LogP contribution is 2.29. The normalized spacial score (nSPS) is 18.9. The van der Waals surface area contributed by atoms with E-state index in [1.54, 1.807) is 5.56 Å². The molecule has 0 spiro atoms. The van der Waals surface area contributed by atoms with Crippen molar-refractivity contribution in [2.24, 2.45) is 33.7 Å². The highest BCUT2D eigenvalue weighted by molar-refractivity contribution is 5.94. The third kappa shape index (κ3) is 14.2. The topological polar surface area (TPSA) is 54.8 Å². The molecule has 0 fully saturated rings. The summed E-state index contributed by atoms with van der Waals surface area (Å²) in [6, 6.07) is 11.8. The third-order valence-electron chi connectivity index (χ3n) is 10.2. The van der Waals surface area contributed by atoms with Crippen molar-refractivity contribution in [3.05, 3.63) is 71.2 Å². The summed E-state index contributed by atoms with van der Waals surface area (Å²) in [7, 11) is 0. The van der Waals surface area contributed by atoms with Crippen molar-refractivity contribution in [2.45, 2.75) is 167 Å². The standard InChI is InChI=1S/C15H23N.C11H19NO.C11H19N.C9H17N3/c1-11(2)15-9-13-7-5-6-8-14(13)10-16(15)12(3)4;1-8(2)11-7-10(13)5-6-12(11)9(3)4;1-9(2)11-7-5-6-8-12(11)10(3)4;1-7(2)9-11-5-10-6-12(9)8(3)4/h5-8,11-12,15H,9-10H2,1-4H3;7-9H,5-6H2,1-4H3;6-10H,5H2,1-4H3;6-8H,5H2,1-4H3. The van der Waals surface area contributed by atoms with Crippen molar-refractivity contribution in [2.75, 3.05) is 13.2 Å². The number of hydrogen-bond acceptors (Lipinski definition) is 7. The maximum absolute atomic E-state index is 11.2. The Morgan fingerprint density at radius 3 is 1.77 bits per heavy atom. The van der Waals surface area contributed by atoms with Crippen LogP contribution in [0.4, 0.5) is 0 Å². The van der Waals surface area contributed by atoms with Gasteiger partial charge in [-0.25, -0.2) is 4.99 Å². The third-order valence-corrected chi connectivity index (χ3v) is 10.2. The largest absolute Gasteiger partial charge is 0.372 e. The fraction of sp³-hybridized carbons (Fsp3) is 0.674. The zero-order valence-electron chi connectivity index (χ0n) is 36.7. The predicted octanol–water partition coefficient (Wildman–Crippen LogP) is 10.6. The number of hydrogen-bond donors (Lipinski definition) is 0. The molecule has 0 amide bonds. The Hall–Kier alpha value is -3.19. The first-order valence-electron chi connectivity index (χ1n) is 20.7. The molecule has 1 aromatic carbocycles. The monoisotopic (exact) mass is 731 g/mol. The number of aliphatic imine (C=N–C) groups is 2. The van der Waals surface area contributed by atoms with Crippen LogP contribution < -0.4 is 0 Å². The van der Waals surface area contributed by atoms with Gasteiger partial charge in [0, 0.05) is 79.3 Å². The molecular weight excluding hydrogens is 653 g/mol. The Morgan fingerprint density at radius 1 is 0.698 bits per heavy atom. The summed E-state index contributed by atoms with van der Waals surface area (Å²) in [5.74, 6) is 3.74. The van der Waals surface area contributed by atoms with Crippen molar-refractivity contribution in [1.29, 1.82) is 0 Å². The van der Waals surface area contributed by atoms with Gasteiger partial charge >= 0.3 is 0 Å². The van der Waals surface area contributed by atoms with E-state index in [0.29, 0.717) is 61.1 Å². The second-order valence-corrected chi connectivity index (χ2v) is 17.3. The lowest BCUT2D eigenvalue weighted by Gasteiger charge is -2.41. The van der Waals surface area contributed by atoms with Gasteiger partial charge in [0.1, 0.15) is 12.5 Å². The van der Waals surface area contributed by atoms with Crippen molar-refractivity contribution >= 4 is 18.0 Å². The summed E-state index contributed by atoms with van der Waals surface area (Å²) < 4.78 is 0. The number of carbonyl (C=O) groups is 1. The van der Waals surface area contributed by atoms with Gasteiger partial charge in [-0.3, -0.25) is 14.7 Å². The van der Waals surface area contributed by atoms with E-state index in [-0.39, 0.29) is 5.78 Å². The second-order valence-electron chi connectivity index (χ2n) is 17.3.